The number of benzene rings is 1. The molecule has 6 nitrogen and oxygen atoms in total. The van der Waals surface area contributed by atoms with E-state index in [-0.39, 0.29) is 18.2 Å². The second-order valence-corrected chi connectivity index (χ2v) is 7.51. The molecule has 1 aromatic heterocycles. The maximum absolute atomic E-state index is 12.9. The van der Waals surface area contributed by atoms with Crippen LogP contribution >= 0.6 is 0 Å². The van der Waals surface area contributed by atoms with Crippen LogP contribution in [0.4, 0.5) is 10.7 Å². The molecular formula is C19H26N4O2. The van der Waals surface area contributed by atoms with E-state index < -0.39 is 0 Å². The normalized spacial score (nSPS) is 22.8. The maximum Gasteiger partial charge on any atom is 0.328 e. The molecule has 2 unspecified atom stereocenters. The van der Waals surface area contributed by atoms with Crippen LogP contribution in [0.1, 0.15) is 33.1 Å². The number of amides is 1. The first-order valence-corrected chi connectivity index (χ1v) is 9.28. The molecule has 3 heterocycles. The van der Waals surface area contributed by atoms with E-state index in [1.54, 1.807) is 4.57 Å². The molecule has 0 saturated carbocycles. The van der Waals surface area contributed by atoms with Gasteiger partial charge in [0, 0.05) is 19.6 Å². The number of ether oxygens (including phenoxy) is 1. The molecule has 2 aliphatic heterocycles. The summed E-state index contributed by atoms with van der Waals surface area (Å²) in [6, 6.07) is 7.75. The lowest BCUT2D eigenvalue weighted by atomic mass is 10.1. The highest BCUT2D eigenvalue weighted by Crippen LogP contribution is 2.31. The van der Waals surface area contributed by atoms with Gasteiger partial charge in [-0.2, -0.15) is 0 Å². The van der Waals surface area contributed by atoms with Crippen LogP contribution in [-0.4, -0.2) is 47.4 Å². The summed E-state index contributed by atoms with van der Waals surface area (Å²) in [5, 5.41) is 3.05. The Hall–Kier alpha value is -2.08. The lowest BCUT2D eigenvalue weighted by Gasteiger charge is -2.32. The lowest BCUT2D eigenvalue weighted by molar-refractivity contribution is 0.0298. The van der Waals surface area contributed by atoms with Crippen molar-refractivity contribution in [3.63, 3.8) is 0 Å². The minimum atomic E-state index is -0.0943. The second-order valence-electron chi connectivity index (χ2n) is 7.51. The Kier molecular flexibility index (Phi) is 4.37. The molecule has 0 spiro atoms. The molecule has 0 aliphatic carbocycles. The number of nitrogens with one attached hydrogen (secondary N) is 1. The first kappa shape index (κ1) is 16.4. The third kappa shape index (κ3) is 3.23. The Morgan fingerprint density at radius 2 is 2.00 bits per heavy atom. The van der Waals surface area contributed by atoms with Gasteiger partial charge in [0.05, 0.1) is 23.2 Å². The van der Waals surface area contributed by atoms with Gasteiger partial charge in [0.25, 0.3) is 0 Å². The van der Waals surface area contributed by atoms with E-state index in [1.807, 2.05) is 24.3 Å². The molecule has 0 radical (unpaired) electrons. The quantitative estimate of drug-likeness (QED) is 0.928. The fraction of sp³-hybridized carbons (Fsp3) is 0.579. The third-order valence-corrected chi connectivity index (χ3v) is 5.07. The van der Waals surface area contributed by atoms with Gasteiger partial charge in [0.1, 0.15) is 0 Å². The van der Waals surface area contributed by atoms with E-state index in [0.29, 0.717) is 12.5 Å². The Morgan fingerprint density at radius 1 is 1.28 bits per heavy atom. The van der Waals surface area contributed by atoms with Crippen LogP contribution in [0.3, 0.4) is 0 Å². The number of carbonyl (C=O) groups is 1. The van der Waals surface area contributed by atoms with E-state index in [2.05, 4.69) is 24.1 Å². The van der Waals surface area contributed by atoms with Crippen LogP contribution in [0.2, 0.25) is 0 Å². The van der Waals surface area contributed by atoms with Crippen molar-refractivity contribution in [3.05, 3.63) is 24.3 Å². The van der Waals surface area contributed by atoms with Crippen molar-refractivity contribution in [1.29, 1.82) is 0 Å². The molecule has 1 amide bonds. The van der Waals surface area contributed by atoms with Crippen LogP contribution < -0.4 is 10.2 Å². The van der Waals surface area contributed by atoms with E-state index in [9.17, 15) is 4.79 Å². The molecule has 2 fully saturated rings. The summed E-state index contributed by atoms with van der Waals surface area (Å²) in [6.45, 7) is 6.61. The van der Waals surface area contributed by atoms with Crippen LogP contribution in [0.5, 0.6) is 0 Å². The highest BCUT2D eigenvalue weighted by molar-refractivity contribution is 5.93. The number of hydrogen-bond donors (Lipinski definition) is 1. The van der Waals surface area contributed by atoms with E-state index in [0.717, 1.165) is 49.3 Å². The monoisotopic (exact) mass is 342 g/mol. The molecule has 2 saturated heterocycles. The van der Waals surface area contributed by atoms with E-state index >= 15 is 0 Å². The van der Waals surface area contributed by atoms with Crippen molar-refractivity contribution in [2.75, 3.05) is 24.5 Å². The van der Waals surface area contributed by atoms with Gasteiger partial charge < -0.3 is 15.0 Å². The van der Waals surface area contributed by atoms with Gasteiger partial charge in [0.15, 0.2) is 0 Å². The Labute approximate surface area is 148 Å². The summed E-state index contributed by atoms with van der Waals surface area (Å²) < 4.78 is 7.67. The first-order chi connectivity index (χ1) is 12.1. The van der Waals surface area contributed by atoms with Crippen LogP contribution in [0.15, 0.2) is 24.3 Å². The molecule has 1 aromatic carbocycles. The van der Waals surface area contributed by atoms with Crippen molar-refractivity contribution in [3.8, 4) is 0 Å². The highest BCUT2D eigenvalue weighted by atomic mass is 16.5. The largest absolute Gasteiger partial charge is 0.371 e. The lowest BCUT2D eigenvalue weighted by Crippen LogP contribution is -2.45. The topological polar surface area (TPSA) is 59.4 Å². The summed E-state index contributed by atoms with van der Waals surface area (Å²) in [6.07, 6.45) is 3.69. The van der Waals surface area contributed by atoms with E-state index in [4.69, 9.17) is 9.72 Å². The van der Waals surface area contributed by atoms with Crippen molar-refractivity contribution in [1.82, 2.24) is 14.9 Å². The van der Waals surface area contributed by atoms with Gasteiger partial charge in [0.2, 0.25) is 5.95 Å². The van der Waals surface area contributed by atoms with Crippen molar-refractivity contribution in [2.45, 2.75) is 45.3 Å². The van der Waals surface area contributed by atoms with Gasteiger partial charge >= 0.3 is 6.03 Å². The standard InChI is InChI=1S/C19H26N4O2/c1-13(2)9-10-20-19(24)23-17-6-4-3-5-16(17)21-18(23)22-11-14-7-8-15(12-22)25-14/h3-6,13-15H,7-12H2,1-2H3,(H,20,24). The van der Waals surface area contributed by atoms with Gasteiger partial charge in [-0.1, -0.05) is 26.0 Å². The number of nitrogens with zero attached hydrogens (tertiary/aromatic N) is 3. The molecule has 134 valence electrons. The maximum atomic E-state index is 12.9. The zero-order valence-corrected chi connectivity index (χ0v) is 14.9. The number of para-hydroxylation sites is 2. The minimum Gasteiger partial charge on any atom is -0.371 e. The van der Waals surface area contributed by atoms with Crippen molar-refractivity contribution >= 4 is 23.0 Å². The Bertz CT molecular complexity index is 758. The van der Waals surface area contributed by atoms with Crippen molar-refractivity contribution < 1.29 is 9.53 Å². The molecule has 4 rings (SSSR count). The Balaban J connectivity index is 1.65. The number of morpholine rings is 1. The molecule has 2 aromatic rings. The smallest absolute Gasteiger partial charge is 0.328 e. The third-order valence-electron chi connectivity index (χ3n) is 5.07. The molecule has 6 heteroatoms. The highest BCUT2D eigenvalue weighted by Gasteiger charge is 2.36. The van der Waals surface area contributed by atoms with Gasteiger partial charge in [-0.15, -0.1) is 0 Å². The summed E-state index contributed by atoms with van der Waals surface area (Å²) >= 11 is 0. The summed E-state index contributed by atoms with van der Waals surface area (Å²) in [7, 11) is 0. The van der Waals surface area contributed by atoms with E-state index in [1.165, 1.54) is 0 Å². The van der Waals surface area contributed by atoms with Crippen LogP contribution in [-0.2, 0) is 4.74 Å². The number of aromatic nitrogens is 2. The average molecular weight is 342 g/mol. The van der Waals surface area contributed by atoms with Gasteiger partial charge in [-0.25, -0.2) is 14.3 Å². The summed E-state index contributed by atoms with van der Waals surface area (Å²) in [4.78, 5) is 19.9. The zero-order chi connectivity index (χ0) is 17.4. The number of anilines is 1. The second kappa shape index (κ2) is 6.67. The Morgan fingerprint density at radius 3 is 2.72 bits per heavy atom. The van der Waals surface area contributed by atoms with Gasteiger partial charge in [-0.3, -0.25) is 0 Å². The van der Waals surface area contributed by atoms with Crippen LogP contribution in [0, 0.1) is 5.92 Å². The van der Waals surface area contributed by atoms with Crippen LogP contribution in [0.25, 0.3) is 11.0 Å². The zero-order valence-electron chi connectivity index (χ0n) is 14.9. The molecule has 25 heavy (non-hydrogen) atoms. The fourth-order valence-corrected chi connectivity index (χ4v) is 3.75. The number of rotatable bonds is 4. The molecule has 2 atom stereocenters. The first-order valence-electron chi connectivity index (χ1n) is 9.28. The van der Waals surface area contributed by atoms with Crippen molar-refractivity contribution in [2.24, 2.45) is 5.92 Å². The molecular weight excluding hydrogens is 316 g/mol. The minimum absolute atomic E-state index is 0.0943. The predicted molar refractivity (Wildman–Crippen MR) is 98.1 cm³/mol. The fourth-order valence-electron chi connectivity index (χ4n) is 3.75. The average Bonchev–Trinajstić information content (AvgIpc) is 3.14. The van der Waals surface area contributed by atoms with Gasteiger partial charge in [-0.05, 0) is 37.3 Å². The molecule has 2 aliphatic rings. The SMILES string of the molecule is CC(C)CCNC(=O)n1c(N2CC3CCC(C2)O3)nc2ccccc21. The molecule has 2 bridgehead atoms. The summed E-state index contributed by atoms with van der Waals surface area (Å²) in [5.74, 6) is 1.30. The summed E-state index contributed by atoms with van der Waals surface area (Å²) in [5.41, 5.74) is 1.72. The molecule has 1 N–H and O–H groups in total. The number of carbonyl (C=O) groups excluding carboxylic acids is 1. The predicted octanol–water partition coefficient (Wildman–Crippen LogP) is 3.01. The number of imidazole rings is 1. The number of fused-ring (bicyclic) bond motifs is 3. The number of hydrogen-bond acceptors (Lipinski definition) is 4.